The molecule has 3 N–H and O–H groups in total. The van der Waals surface area contributed by atoms with Gasteiger partial charge in [-0.2, -0.15) is 5.10 Å². The van der Waals surface area contributed by atoms with Crippen LogP contribution in [0.1, 0.15) is 26.5 Å². The van der Waals surface area contributed by atoms with Crippen LogP contribution in [0.15, 0.2) is 24.3 Å². The molecule has 0 aliphatic heterocycles. The van der Waals surface area contributed by atoms with Gasteiger partial charge >= 0.3 is 6.03 Å². The molecule has 0 saturated carbocycles. The summed E-state index contributed by atoms with van der Waals surface area (Å²) in [4.78, 5) is 24.1. The van der Waals surface area contributed by atoms with Crippen LogP contribution in [0.2, 0.25) is 5.02 Å². The fourth-order valence-corrected chi connectivity index (χ4v) is 2.76. The van der Waals surface area contributed by atoms with E-state index in [4.69, 9.17) is 11.6 Å². The number of halogens is 2. The van der Waals surface area contributed by atoms with E-state index < -0.39 is 6.03 Å². The van der Waals surface area contributed by atoms with Gasteiger partial charge in [0.05, 0.1) is 20.0 Å². The standard InChI is InChI=1S/C17H21ClIN5O2/c1-17(2,3)12-8-13(24(23-12)9-14(25)20-4)22-16(26)21-11-7-5-6-10(18)15(11)19/h5-8H,9H2,1-4H3,(H,20,25)(H2,21,22,26). The Morgan fingerprint density at radius 2 is 1.96 bits per heavy atom. The first-order valence-corrected chi connectivity index (χ1v) is 9.38. The predicted octanol–water partition coefficient (Wildman–Crippen LogP) is 3.83. The molecule has 0 radical (unpaired) electrons. The van der Waals surface area contributed by atoms with Crippen LogP contribution >= 0.6 is 34.2 Å². The summed E-state index contributed by atoms with van der Waals surface area (Å²) in [7, 11) is 1.55. The molecular weight excluding hydrogens is 469 g/mol. The molecule has 0 spiro atoms. The number of carbonyl (C=O) groups is 2. The van der Waals surface area contributed by atoms with Gasteiger partial charge in [-0.1, -0.05) is 38.4 Å². The van der Waals surface area contributed by atoms with Crippen LogP contribution in [0.5, 0.6) is 0 Å². The lowest BCUT2D eigenvalue weighted by molar-refractivity contribution is -0.121. The molecule has 1 heterocycles. The summed E-state index contributed by atoms with van der Waals surface area (Å²) in [5, 5.41) is 13.1. The van der Waals surface area contributed by atoms with Gasteiger partial charge in [0.15, 0.2) is 0 Å². The van der Waals surface area contributed by atoms with E-state index in [-0.39, 0.29) is 17.9 Å². The average molecular weight is 490 g/mol. The van der Waals surface area contributed by atoms with E-state index in [1.807, 2.05) is 20.8 Å². The van der Waals surface area contributed by atoms with Gasteiger partial charge in [0.1, 0.15) is 12.4 Å². The topological polar surface area (TPSA) is 88.1 Å². The van der Waals surface area contributed by atoms with Gasteiger partial charge in [-0.15, -0.1) is 0 Å². The zero-order valence-electron chi connectivity index (χ0n) is 15.0. The van der Waals surface area contributed by atoms with Crippen molar-refractivity contribution in [2.75, 3.05) is 17.7 Å². The average Bonchev–Trinajstić information content (AvgIpc) is 2.94. The number of carbonyl (C=O) groups excluding carboxylic acids is 2. The third-order valence-electron chi connectivity index (χ3n) is 3.56. The number of nitrogens with zero attached hydrogens (tertiary/aromatic N) is 2. The summed E-state index contributed by atoms with van der Waals surface area (Å²) in [5.41, 5.74) is 1.15. The van der Waals surface area contributed by atoms with E-state index in [1.54, 1.807) is 31.3 Å². The van der Waals surface area contributed by atoms with Crippen LogP contribution in [-0.2, 0) is 16.8 Å². The van der Waals surface area contributed by atoms with Crippen molar-refractivity contribution in [3.8, 4) is 0 Å². The van der Waals surface area contributed by atoms with Crippen LogP contribution in [0.4, 0.5) is 16.3 Å². The number of likely N-dealkylation sites (N-methyl/N-ethyl adjacent to an activating group) is 1. The fraction of sp³-hybridized carbons (Fsp3) is 0.353. The van der Waals surface area contributed by atoms with E-state index >= 15 is 0 Å². The maximum Gasteiger partial charge on any atom is 0.324 e. The van der Waals surface area contributed by atoms with E-state index in [2.05, 4.69) is 43.6 Å². The lowest BCUT2D eigenvalue weighted by atomic mass is 9.92. The van der Waals surface area contributed by atoms with Gasteiger partial charge in [0.25, 0.3) is 0 Å². The molecule has 0 bridgehead atoms. The maximum atomic E-state index is 12.4. The van der Waals surface area contributed by atoms with Crippen LogP contribution in [-0.4, -0.2) is 28.8 Å². The number of rotatable bonds is 4. The summed E-state index contributed by atoms with van der Waals surface area (Å²) in [5.74, 6) is 0.231. The molecule has 9 heteroatoms. The van der Waals surface area contributed by atoms with Crippen molar-refractivity contribution in [3.05, 3.63) is 38.6 Å². The van der Waals surface area contributed by atoms with Crippen molar-refractivity contribution in [3.63, 3.8) is 0 Å². The third-order valence-corrected chi connectivity index (χ3v) is 5.36. The van der Waals surface area contributed by atoms with E-state index in [9.17, 15) is 9.59 Å². The molecule has 2 rings (SSSR count). The number of hydrogen-bond donors (Lipinski definition) is 3. The zero-order chi connectivity index (χ0) is 19.5. The van der Waals surface area contributed by atoms with Crippen molar-refractivity contribution < 1.29 is 9.59 Å². The number of aromatic nitrogens is 2. The normalized spacial score (nSPS) is 11.2. The quantitative estimate of drug-likeness (QED) is 0.571. The molecule has 1 aromatic heterocycles. The van der Waals surface area contributed by atoms with Crippen LogP contribution in [0, 0.1) is 3.57 Å². The van der Waals surface area contributed by atoms with Gasteiger partial charge in [-0.3, -0.25) is 10.1 Å². The minimum Gasteiger partial charge on any atom is -0.358 e. The Bertz CT molecular complexity index is 829. The fourth-order valence-electron chi connectivity index (χ4n) is 2.09. The van der Waals surface area contributed by atoms with Crippen molar-refractivity contribution in [1.82, 2.24) is 15.1 Å². The van der Waals surface area contributed by atoms with Crippen molar-refractivity contribution >= 4 is 57.6 Å². The second kappa shape index (κ2) is 8.26. The molecule has 2 aromatic rings. The Morgan fingerprint density at radius 3 is 2.58 bits per heavy atom. The second-order valence-corrected chi connectivity index (χ2v) is 8.16. The highest BCUT2D eigenvalue weighted by Crippen LogP contribution is 2.27. The van der Waals surface area contributed by atoms with E-state index in [1.165, 1.54) is 4.68 Å². The molecule has 0 aliphatic carbocycles. The van der Waals surface area contributed by atoms with Gasteiger partial charge in [0.2, 0.25) is 5.91 Å². The molecule has 1 aromatic carbocycles. The summed E-state index contributed by atoms with van der Waals surface area (Å²) in [6.45, 7) is 6.05. The van der Waals surface area contributed by atoms with Crippen molar-refractivity contribution in [1.29, 1.82) is 0 Å². The number of urea groups is 1. The molecule has 0 unspecified atom stereocenters. The molecular formula is C17H21ClIN5O2. The Labute approximate surface area is 171 Å². The monoisotopic (exact) mass is 489 g/mol. The Hall–Kier alpha value is -1.81. The first-order valence-electron chi connectivity index (χ1n) is 7.92. The number of anilines is 2. The largest absolute Gasteiger partial charge is 0.358 e. The lowest BCUT2D eigenvalue weighted by Crippen LogP contribution is -2.27. The molecule has 0 atom stereocenters. The smallest absolute Gasteiger partial charge is 0.324 e. The van der Waals surface area contributed by atoms with Crippen molar-refractivity contribution in [2.24, 2.45) is 0 Å². The highest BCUT2D eigenvalue weighted by molar-refractivity contribution is 14.1. The summed E-state index contributed by atoms with van der Waals surface area (Å²) >= 11 is 8.14. The summed E-state index contributed by atoms with van der Waals surface area (Å²) < 4.78 is 2.22. The molecule has 3 amide bonds. The molecule has 0 saturated heterocycles. The van der Waals surface area contributed by atoms with Gasteiger partial charge in [-0.25, -0.2) is 9.48 Å². The van der Waals surface area contributed by atoms with E-state index in [0.717, 1.165) is 9.26 Å². The highest BCUT2D eigenvalue weighted by atomic mass is 127. The van der Waals surface area contributed by atoms with Gasteiger partial charge in [-0.05, 0) is 34.7 Å². The molecule has 140 valence electrons. The number of amides is 3. The summed E-state index contributed by atoms with van der Waals surface area (Å²) in [6.07, 6.45) is 0. The highest BCUT2D eigenvalue weighted by Gasteiger charge is 2.21. The Kier molecular flexibility index (Phi) is 6.51. The molecule has 0 fully saturated rings. The molecule has 26 heavy (non-hydrogen) atoms. The first kappa shape index (κ1) is 20.5. The Morgan fingerprint density at radius 1 is 1.27 bits per heavy atom. The second-order valence-electron chi connectivity index (χ2n) is 6.68. The summed E-state index contributed by atoms with van der Waals surface area (Å²) in [6, 6.07) is 6.60. The first-order chi connectivity index (χ1) is 12.1. The van der Waals surface area contributed by atoms with Crippen LogP contribution < -0.4 is 16.0 Å². The minimum atomic E-state index is -0.441. The van der Waals surface area contributed by atoms with Crippen molar-refractivity contribution in [2.45, 2.75) is 32.7 Å². The predicted molar refractivity (Wildman–Crippen MR) is 112 cm³/mol. The minimum absolute atomic E-state index is 0.0108. The van der Waals surface area contributed by atoms with Gasteiger partial charge < -0.3 is 10.6 Å². The van der Waals surface area contributed by atoms with Gasteiger partial charge in [0, 0.05) is 18.5 Å². The van der Waals surface area contributed by atoms with E-state index in [0.29, 0.717) is 16.5 Å². The lowest BCUT2D eigenvalue weighted by Gasteiger charge is -2.13. The number of benzene rings is 1. The maximum absolute atomic E-state index is 12.4. The molecule has 0 aliphatic rings. The number of nitrogens with one attached hydrogen (secondary N) is 3. The number of hydrogen-bond acceptors (Lipinski definition) is 3. The van der Waals surface area contributed by atoms with Crippen LogP contribution in [0.3, 0.4) is 0 Å². The SMILES string of the molecule is CNC(=O)Cn1nc(C(C)(C)C)cc1NC(=O)Nc1cccc(Cl)c1I. The Balaban J connectivity index is 2.23. The van der Waals surface area contributed by atoms with Crippen LogP contribution in [0.25, 0.3) is 0 Å². The third kappa shape index (κ3) is 5.10. The zero-order valence-corrected chi connectivity index (χ0v) is 17.9. The molecule has 7 nitrogen and oxygen atoms in total.